The number of pyridine rings is 1. The maximum Gasteiger partial charge on any atom is 0.410 e. The molecule has 0 aliphatic carbocycles. The van der Waals surface area contributed by atoms with Crippen LogP contribution in [0.2, 0.25) is 0 Å². The van der Waals surface area contributed by atoms with Crippen molar-refractivity contribution in [2.24, 2.45) is 0 Å². The van der Waals surface area contributed by atoms with Gasteiger partial charge in [0.1, 0.15) is 5.60 Å². The van der Waals surface area contributed by atoms with Gasteiger partial charge in [-0.05, 0) is 51.0 Å². The van der Waals surface area contributed by atoms with Crippen LogP contribution in [0.4, 0.5) is 4.79 Å². The summed E-state index contributed by atoms with van der Waals surface area (Å²) in [6.45, 7) is 9.66. The van der Waals surface area contributed by atoms with Crippen molar-refractivity contribution in [1.82, 2.24) is 15.2 Å². The summed E-state index contributed by atoms with van der Waals surface area (Å²) in [5.74, 6) is 0. The normalized spacial score (nSPS) is 18.0. The number of carbonyl (C=O) groups is 1. The molecule has 1 aliphatic heterocycles. The maximum atomic E-state index is 12.2. The van der Waals surface area contributed by atoms with Crippen LogP contribution in [0.3, 0.4) is 0 Å². The van der Waals surface area contributed by atoms with Crippen LogP contribution in [0, 0.1) is 0 Å². The van der Waals surface area contributed by atoms with E-state index < -0.39 is 5.60 Å². The quantitative estimate of drug-likeness (QED) is 0.929. The zero-order valence-corrected chi connectivity index (χ0v) is 13.8. The van der Waals surface area contributed by atoms with E-state index in [2.05, 4.69) is 16.4 Å². The predicted molar refractivity (Wildman–Crippen MR) is 87.5 cm³/mol. The Morgan fingerprint density at radius 1 is 1.41 bits per heavy atom. The fraction of sp³-hybridized carbons (Fsp3) is 0.529. The first-order chi connectivity index (χ1) is 10.4. The molecule has 5 heteroatoms. The second kappa shape index (κ2) is 6.92. The molecular formula is C17H25N3O2. The van der Waals surface area contributed by atoms with E-state index in [1.165, 1.54) is 11.1 Å². The predicted octanol–water partition coefficient (Wildman–Crippen LogP) is 2.69. The van der Waals surface area contributed by atoms with Crippen LogP contribution in [-0.4, -0.2) is 47.3 Å². The number of nitrogens with zero attached hydrogens (tertiary/aromatic N) is 2. The van der Waals surface area contributed by atoms with Crippen LogP contribution in [0.5, 0.6) is 0 Å². The summed E-state index contributed by atoms with van der Waals surface area (Å²) < 4.78 is 5.44. The van der Waals surface area contributed by atoms with E-state index in [1.54, 1.807) is 17.3 Å². The summed E-state index contributed by atoms with van der Waals surface area (Å²) in [6, 6.07) is 4.15. The lowest BCUT2D eigenvalue weighted by Crippen LogP contribution is -2.43. The van der Waals surface area contributed by atoms with Crippen molar-refractivity contribution in [2.45, 2.75) is 39.3 Å². The summed E-state index contributed by atoms with van der Waals surface area (Å²) in [4.78, 5) is 17.9. The lowest BCUT2D eigenvalue weighted by molar-refractivity contribution is 0.0252. The highest BCUT2D eigenvalue weighted by atomic mass is 16.6. The van der Waals surface area contributed by atoms with Gasteiger partial charge in [0.25, 0.3) is 0 Å². The Morgan fingerprint density at radius 2 is 2.09 bits per heavy atom. The number of ether oxygens (including phenoxy) is 1. The number of amides is 1. The van der Waals surface area contributed by atoms with Crippen molar-refractivity contribution >= 4 is 11.7 Å². The molecule has 0 saturated heterocycles. The van der Waals surface area contributed by atoms with E-state index in [4.69, 9.17) is 4.74 Å². The van der Waals surface area contributed by atoms with Crippen LogP contribution in [0.1, 0.15) is 33.3 Å². The summed E-state index contributed by atoms with van der Waals surface area (Å²) in [5, 5.41) is 3.43. The zero-order chi connectivity index (χ0) is 16.2. The van der Waals surface area contributed by atoms with E-state index in [0.717, 1.165) is 6.54 Å². The van der Waals surface area contributed by atoms with Gasteiger partial charge in [0, 0.05) is 38.1 Å². The molecule has 1 aliphatic rings. The second-order valence-electron chi connectivity index (χ2n) is 6.43. The van der Waals surface area contributed by atoms with Gasteiger partial charge in [-0.3, -0.25) is 4.98 Å². The average Bonchev–Trinajstić information content (AvgIpc) is 2.92. The molecule has 0 fully saturated rings. The number of hydrogen-bond acceptors (Lipinski definition) is 4. The fourth-order valence-electron chi connectivity index (χ4n) is 2.38. The van der Waals surface area contributed by atoms with E-state index in [0.29, 0.717) is 13.1 Å². The van der Waals surface area contributed by atoms with Crippen LogP contribution in [0.25, 0.3) is 5.57 Å². The highest BCUT2D eigenvalue weighted by molar-refractivity contribution is 5.70. The average molecular weight is 303 g/mol. The molecule has 1 N–H and O–H groups in total. The van der Waals surface area contributed by atoms with Gasteiger partial charge in [-0.25, -0.2) is 4.79 Å². The van der Waals surface area contributed by atoms with Crippen molar-refractivity contribution in [1.29, 1.82) is 0 Å². The molecule has 0 aromatic carbocycles. The minimum atomic E-state index is -0.467. The molecule has 1 aromatic heterocycles. The van der Waals surface area contributed by atoms with Gasteiger partial charge in [-0.2, -0.15) is 0 Å². The fourth-order valence-corrected chi connectivity index (χ4v) is 2.38. The molecule has 5 nitrogen and oxygen atoms in total. The lowest BCUT2D eigenvalue weighted by Gasteiger charge is -2.28. The van der Waals surface area contributed by atoms with Crippen LogP contribution in [0.15, 0.2) is 30.6 Å². The highest BCUT2D eigenvalue weighted by Crippen LogP contribution is 2.19. The number of carbonyl (C=O) groups excluding carboxylic acids is 1. The van der Waals surface area contributed by atoms with Gasteiger partial charge in [-0.1, -0.05) is 6.08 Å². The molecular weight excluding hydrogens is 278 g/mol. The SMILES string of the molecule is CCN(C[C@H]1C=C(c2ccncc2)CN1)C(=O)OC(C)(C)C. The molecule has 0 radical (unpaired) electrons. The molecule has 22 heavy (non-hydrogen) atoms. The Kier molecular flexibility index (Phi) is 5.19. The molecule has 1 aromatic rings. The van der Waals surface area contributed by atoms with Crippen molar-refractivity contribution in [3.05, 3.63) is 36.2 Å². The van der Waals surface area contributed by atoms with Crippen molar-refractivity contribution in [3.8, 4) is 0 Å². The number of likely N-dealkylation sites (N-methyl/N-ethyl adjacent to an activating group) is 1. The topological polar surface area (TPSA) is 54.5 Å². The molecule has 0 unspecified atom stereocenters. The Balaban J connectivity index is 1.98. The Labute approximate surface area is 132 Å². The van der Waals surface area contributed by atoms with Crippen molar-refractivity contribution in [2.75, 3.05) is 19.6 Å². The molecule has 1 amide bonds. The third kappa shape index (κ3) is 4.56. The first-order valence-corrected chi connectivity index (χ1v) is 7.71. The molecule has 0 spiro atoms. The van der Waals surface area contributed by atoms with E-state index in [9.17, 15) is 4.79 Å². The van der Waals surface area contributed by atoms with Gasteiger partial charge in [0.05, 0.1) is 0 Å². The van der Waals surface area contributed by atoms with E-state index >= 15 is 0 Å². The number of hydrogen-bond donors (Lipinski definition) is 1. The molecule has 2 heterocycles. The zero-order valence-electron chi connectivity index (χ0n) is 13.8. The standard InChI is InChI=1S/C17H25N3O2/c1-5-20(16(21)22-17(2,3)4)12-15-10-14(11-19-15)13-6-8-18-9-7-13/h6-10,15,19H,5,11-12H2,1-4H3/t15-/m1/s1. The third-order valence-corrected chi connectivity index (χ3v) is 3.46. The van der Waals surface area contributed by atoms with Crippen LogP contribution < -0.4 is 5.32 Å². The molecule has 120 valence electrons. The van der Waals surface area contributed by atoms with E-state index in [-0.39, 0.29) is 12.1 Å². The van der Waals surface area contributed by atoms with Crippen LogP contribution in [-0.2, 0) is 4.74 Å². The maximum absolute atomic E-state index is 12.2. The van der Waals surface area contributed by atoms with Crippen LogP contribution >= 0.6 is 0 Å². The van der Waals surface area contributed by atoms with Crippen molar-refractivity contribution < 1.29 is 9.53 Å². The summed E-state index contributed by atoms with van der Waals surface area (Å²) >= 11 is 0. The van der Waals surface area contributed by atoms with Gasteiger partial charge in [0.15, 0.2) is 0 Å². The minimum Gasteiger partial charge on any atom is -0.444 e. The number of nitrogens with one attached hydrogen (secondary N) is 1. The molecule has 1 atom stereocenters. The Bertz CT molecular complexity index is 535. The highest BCUT2D eigenvalue weighted by Gasteiger charge is 2.25. The lowest BCUT2D eigenvalue weighted by atomic mass is 10.1. The second-order valence-corrected chi connectivity index (χ2v) is 6.43. The summed E-state index contributed by atoms with van der Waals surface area (Å²) in [6.07, 6.45) is 5.51. The van der Waals surface area contributed by atoms with Gasteiger partial charge in [0.2, 0.25) is 0 Å². The third-order valence-electron chi connectivity index (χ3n) is 3.46. The Morgan fingerprint density at radius 3 is 2.68 bits per heavy atom. The number of rotatable bonds is 4. The van der Waals surface area contributed by atoms with Gasteiger partial charge >= 0.3 is 6.09 Å². The minimum absolute atomic E-state index is 0.149. The molecule has 2 rings (SSSR count). The monoisotopic (exact) mass is 303 g/mol. The summed E-state index contributed by atoms with van der Waals surface area (Å²) in [7, 11) is 0. The van der Waals surface area contributed by atoms with Gasteiger partial charge in [-0.15, -0.1) is 0 Å². The Hall–Kier alpha value is -1.88. The van der Waals surface area contributed by atoms with E-state index in [1.807, 2.05) is 39.8 Å². The van der Waals surface area contributed by atoms with Crippen molar-refractivity contribution in [3.63, 3.8) is 0 Å². The first kappa shape index (κ1) is 16.5. The molecule has 0 bridgehead atoms. The van der Waals surface area contributed by atoms with Gasteiger partial charge < -0.3 is 15.0 Å². The first-order valence-electron chi connectivity index (χ1n) is 7.71. The smallest absolute Gasteiger partial charge is 0.410 e. The largest absolute Gasteiger partial charge is 0.444 e. The number of aromatic nitrogens is 1. The summed E-state index contributed by atoms with van der Waals surface area (Å²) in [5.41, 5.74) is 1.95. The molecule has 0 saturated carbocycles.